The summed E-state index contributed by atoms with van der Waals surface area (Å²) >= 11 is 0. The van der Waals surface area contributed by atoms with Crippen LogP contribution in [0.5, 0.6) is 0 Å². The lowest BCUT2D eigenvalue weighted by Crippen LogP contribution is -2.59. The molecule has 1 aromatic carbocycles. The number of aromatic nitrogens is 1. The molecule has 0 spiro atoms. The Balaban J connectivity index is 2.20. The van der Waals surface area contributed by atoms with Gasteiger partial charge in [-0.15, -0.1) is 0 Å². The van der Waals surface area contributed by atoms with Crippen molar-refractivity contribution in [1.82, 2.24) is 20.9 Å². The number of amides is 4. The molecule has 0 bridgehead atoms. The average molecular weight is 547 g/mol. The molecule has 1 heterocycles. The third kappa shape index (κ3) is 8.81. The van der Waals surface area contributed by atoms with Gasteiger partial charge in [0.15, 0.2) is 0 Å². The number of nitrogens with two attached hydrogens (primary N) is 2. The lowest BCUT2D eigenvalue weighted by molar-refractivity contribution is -0.143. The van der Waals surface area contributed by atoms with Gasteiger partial charge in [-0.25, -0.2) is 4.79 Å². The molecule has 2 rings (SSSR count). The summed E-state index contributed by atoms with van der Waals surface area (Å²) in [4.78, 5) is 75.9. The van der Waals surface area contributed by atoms with Gasteiger partial charge in [0.1, 0.15) is 18.1 Å². The number of primary amides is 1. The van der Waals surface area contributed by atoms with Gasteiger partial charge in [0.25, 0.3) is 0 Å². The monoisotopic (exact) mass is 546 g/mol. The zero-order chi connectivity index (χ0) is 29.3. The number of carbonyl (C=O) groups excluding carboxylic acids is 4. The molecule has 14 heteroatoms. The molecule has 5 unspecified atom stereocenters. The number of nitrogens with one attached hydrogen (secondary N) is 4. The molecule has 39 heavy (non-hydrogen) atoms. The highest BCUT2D eigenvalue weighted by molar-refractivity contribution is 5.96. The van der Waals surface area contributed by atoms with Crippen molar-refractivity contribution in [3.05, 3.63) is 36.0 Å². The van der Waals surface area contributed by atoms with Gasteiger partial charge in [0.05, 0.1) is 18.9 Å². The molecule has 14 nitrogen and oxygen atoms in total. The molecular formula is C25H34N6O8. The van der Waals surface area contributed by atoms with Gasteiger partial charge in [-0.2, -0.15) is 0 Å². The van der Waals surface area contributed by atoms with Crippen LogP contribution in [0.4, 0.5) is 0 Å². The van der Waals surface area contributed by atoms with Gasteiger partial charge >= 0.3 is 11.9 Å². The minimum absolute atomic E-state index is 0.0400. The molecule has 0 saturated carbocycles. The molecule has 0 aliphatic carbocycles. The zero-order valence-corrected chi connectivity index (χ0v) is 21.6. The van der Waals surface area contributed by atoms with E-state index < -0.39 is 78.5 Å². The summed E-state index contributed by atoms with van der Waals surface area (Å²) in [6.07, 6.45) is 0.648. The number of hydrogen-bond donors (Lipinski definition) is 8. The van der Waals surface area contributed by atoms with E-state index in [9.17, 15) is 39.0 Å². The lowest BCUT2D eigenvalue weighted by atomic mass is 9.96. The molecule has 0 radical (unpaired) electrons. The normalized spacial score (nSPS) is 14.8. The predicted molar refractivity (Wildman–Crippen MR) is 139 cm³/mol. The van der Waals surface area contributed by atoms with E-state index in [1.54, 1.807) is 26.1 Å². The molecule has 0 aliphatic heterocycles. The van der Waals surface area contributed by atoms with Crippen LogP contribution in [0.25, 0.3) is 10.9 Å². The van der Waals surface area contributed by atoms with Crippen molar-refractivity contribution in [3.8, 4) is 0 Å². The van der Waals surface area contributed by atoms with Crippen LogP contribution in [0.15, 0.2) is 30.5 Å². The van der Waals surface area contributed by atoms with Gasteiger partial charge in [-0.3, -0.25) is 24.0 Å². The number of H-pyrrole nitrogens is 1. The highest BCUT2D eigenvalue weighted by atomic mass is 16.4. The summed E-state index contributed by atoms with van der Waals surface area (Å²) in [5.41, 5.74) is 12.1. The maximum Gasteiger partial charge on any atom is 0.326 e. The summed E-state index contributed by atoms with van der Waals surface area (Å²) in [7, 11) is 0. The molecule has 5 atom stereocenters. The van der Waals surface area contributed by atoms with Crippen LogP contribution < -0.4 is 27.4 Å². The average Bonchev–Trinajstić information content (AvgIpc) is 3.27. The fourth-order valence-electron chi connectivity index (χ4n) is 3.91. The smallest absolute Gasteiger partial charge is 0.326 e. The second-order valence-electron chi connectivity index (χ2n) is 9.27. The first kappa shape index (κ1) is 30.8. The Labute approximate surface area is 223 Å². The van der Waals surface area contributed by atoms with Crippen LogP contribution >= 0.6 is 0 Å². The van der Waals surface area contributed by atoms with E-state index in [0.29, 0.717) is 12.0 Å². The van der Waals surface area contributed by atoms with Crippen LogP contribution in [0.3, 0.4) is 0 Å². The Hall–Kier alpha value is -4.46. The quantitative estimate of drug-likeness (QED) is 0.136. The third-order valence-electron chi connectivity index (χ3n) is 6.28. The number of carboxylic acids is 2. The van der Waals surface area contributed by atoms with Crippen LogP contribution in [-0.4, -0.2) is 74.9 Å². The third-order valence-corrected chi connectivity index (χ3v) is 6.28. The van der Waals surface area contributed by atoms with Gasteiger partial charge in [0, 0.05) is 23.5 Å². The molecule has 4 amide bonds. The molecule has 0 aliphatic rings. The van der Waals surface area contributed by atoms with E-state index >= 15 is 0 Å². The van der Waals surface area contributed by atoms with Crippen molar-refractivity contribution >= 4 is 46.5 Å². The topological polar surface area (TPSA) is 247 Å². The van der Waals surface area contributed by atoms with Crippen LogP contribution in [0.1, 0.15) is 38.7 Å². The molecule has 0 saturated heterocycles. The standard InChI is InChI=1S/C25H34N6O8/c1-3-12(2)21(31-23(36)17(10-20(33)34)29-22(35)15(26)9-19(27)32)24(37)30-18(25(38)39)8-13-11-28-16-7-5-4-6-14(13)16/h4-7,11-12,15,17-18,21,28H,3,8-10,26H2,1-2H3,(H2,27,32)(H,29,35)(H,30,37)(H,31,36)(H,33,34)(H,38,39). The summed E-state index contributed by atoms with van der Waals surface area (Å²) in [6.45, 7) is 3.39. The van der Waals surface area contributed by atoms with E-state index in [4.69, 9.17) is 11.5 Å². The number of para-hydroxylation sites is 1. The maximum atomic E-state index is 13.2. The Kier molecular flexibility index (Phi) is 11.0. The number of fused-ring (bicyclic) bond motifs is 1. The number of aromatic amines is 1. The second kappa shape index (κ2) is 13.9. The Bertz CT molecular complexity index is 1230. The molecule has 1 aromatic heterocycles. The highest BCUT2D eigenvalue weighted by Gasteiger charge is 2.34. The van der Waals surface area contributed by atoms with Crippen molar-refractivity contribution in [2.45, 2.75) is 63.7 Å². The van der Waals surface area contributed by atoms with E-state index in [-0.39, 0.29) is 6.42 Å². The first-order chi connectivity index (χ1) is 18.3. The number of rotatable bonds is 15. The Morgan fingerprint density at radius 3 is 2.15 bits per heavy atom. The summed E-state index contributed by atoms with van der Waals surface area (Å²) in [5.74, 6) is -6.85. The number of carboxylic acid groups (broad SMARTS) is 2. The summed E-state index contributed by atoms with van der Waals surface area (Å²) in [5, 5.41) is 26.9. The lowest BCUT2D eigenvalue weighted by Gasteiger charge is -2.27. The van der Waals surface area contributed by atoms with Crippen molar-refractivity contribution in [1.29, 1.82) is 0 Å². The number of benzene rings is 1. The molecule has 10 N–H and O–H groups in total. The molecule has 0 fully saturated rings. The summed E-state index contributed by atoms with van der Waals surface area (Å²) in [6, 6.07) is 1.64. The minimum atomic E-state index is -1.63. The van der Waals surface area contributed by atoms with E-state index in [0.717, 1.165) is 10.9 Å². The number of carbonyl (C=O) groups is 6. The Morgan fingerprint density at radius 1 is 0.923 bits per heavy atom. The predicted octanol–water partition coefficient (Wildman–Crippen LogP) is -1.03. The van der Waals surface area contributed by atoms with Crippen molar-refractivity contribution in [3.63, 3.8) is 0 Å². The van der Waals surface area contributed by atoms with Crippen molar-refractivity contribution in [2.75, 3.05) is 0 Å². The van der Waals surface area contributed by atoms with Gasteiger partial charge < -0.3 is 42.6 Å². The first-order valence-corrected chi connectivity index (χ1v) is 12.3. The fraction of sp³-hybridized carbons (Fsp3) is 0.440. The largest absolute Gasteiger partial charge is 0.481 e. The van der Waals surface area contributed by atoms with Gasteiger partial charge in [-0.05, 0) is 17.5 Å². The van der Waals surface area contributed by atoms with Gasteiger partial charge in [0.2, 0.25) is 23.6 Å². The zero-order valence-electron chi connectivity index (χ0n) is 21.6. The Morgan fingerprint density at radius 2 is 1.56 bits per heavy atom. The minimum Gasteiger partial charge on any atom is -0.481 e. The molecule has 212 valence electrons. The van der Waals surface area contributed by atoms with Crippen LogP contribution in [0, 0.1) is 5.92 Å². The van der Waals surface area contributed by atoms with Crippen molar-refractivity contribution in [2.24, 2.45) is 17.4 Å². The van der Waals surface area contributed by atoms with Crippen LogP contribution in [0.2, 0.25) is 0 Å². The summed E-state index contributed by atoms with van der Waals surface area (Å²) < 4.78 is 0. The maximum absolute atomic E-state index is 13.2. The second-order valence-corrected chi connectivity index (χ2v) is 9.27. The highest BCUT2D eigenvalue weighted by Crippen LogP contribution is 2.19. The van der Waals surface area contributed by atoms with E-state index in [1.807, 2.05) is 18.2 Å². The van der Waals surface area contributed by atoms with E-state index in [2.05, 4.69) is 20.9 Å². The fourth-order valence-corrected chi connectivity index (χ4v) is 3.91. The number of hydrogen-bond acceptors (Lipinski definition) is 7. The number of aliphatic carboxylic acids is 2. The van der Waals surface area contributed by atoms with Crippen molar-refractivity contribution < 1.29 is 39.0 Å². The van der Waals surface area contributed by atoms with Gasteiger partial charge in [-0.1, -0.05) is 38.5 Å². The SMILES string of the molecule is CCC(C)C(NC(=O)C(CC(=O)O)NC(=O)C(N)CC(N)=O)C(=O)NC(Cc1c[nH]c2ccccc12)C(=O)O. The molecular weight excluding hydrogens is 512 g/mol. The first-order valence-electron chi connectivity index (χ1n) is 12.3. The molecule has 2 aromatic rings. The van der Waals surface area contributed by atoms with Crippen LogP contribution in [-0.2, 0) is 35.2 Å². The van der Waals surface area contributed by atoms with E-state index in [1.165, 1.54) is 0 Å².